The van der Waals surface area contributed by atoms with Crippen LogP contribution in [0.15, 0.2) is 0 Å². The van der Waals surface area contributed by atoms with E-state index in [1.165, 1.54) is 38.5 Å². The molecular formula is C13H24O2. The fourth-order valence-corrected chi connectivity index (χ4v) is 2.93. The lowest BCUT2D eigenvalue weighted by molar-refractivity contribution is -0.167. The van der Waals surface area contributed by atoms with Crippen LogP contribution in [0.5, 0.6) is 0 Å². The van der Waals surface area contributed by atoms with Crippen LogP contribution in [0.2, 0.25) is 0 Å². The van der Waals surface area contributed by atoms with Gasteiger partial charge >= 0.3 is 0 Å². The Bertz CT molecular complexity index is 193. The second kappa shape index (κ2) is 5.31. The lowest BCUT2D eigenvalue weighted by atomic mass is 9.85. The zero-order valence-electron chi connectivity index (χ0n) is 10.1. The van der Waals surface area contributed by atoms with Gasteiger partial charge in [-0.25, -0.2) is 0 Å². The van der Waals surface area contributed by atoms with Crippen molar-refractivity contribution in [2.75, 3.05) is 6.61 Å². The quantitative estimate of drug-likeness (QED) is 0.665. The van der Waals surface area contributed by atoms with Crippen LogP contribution in [0.3, 0.4) is 0 Å². The van der Waals surface area contributed by atoms with E-state index < -0.39 is 0 Å². The summed E-state index contributed by atoms with van der Waals surface area (Å²) in [4.78, 5) is 0. The highest BCUT2D eigenvalue weighted by atomic mass is 16.7. The minimum atomic E-state index is 0.125. The molecule has 4 atom stereocenters. The third-order valence-corrected chi connectivity index (χ3v) is 3.98. The average molecular weight is 212 g/mol. The first-order valence-electron chi connectivity index (χ1n) is 6.60. The molecule has 2 rings (SSSR count). The fourth-order valence-electron chi connectivity index (χ4n) is 2.93. The van der Waals surface area contributed by atoms with Gasteiger partial charge in [0.2, 0.25) is 0 Å². The van der Waals surface area contributed by atoms with Crippen molar-refractivity contribution in [2.45, 2.75) is 64.8 Å². The van der Waals surface area contributed by atoms with Crippen LogP contribution in [0.1, 0.15) is 52.4 Å². The SMILES string of the molecule is CCCCC[C@H]1OC2OCCCC2[C@@H]1C. The highest BCUT2D eigenvalue weighted by molar-refractivity contribution is 4.85. The van der Waals surface area contributed by atoms with E-state index in [0.29, 0.717) is 17.9 Å². The number of rotatable bonds is 4. The second-order valence-electron chi connectivity index (χ2n) is 5.07. The van der Waals surface area contributed by atoms with Gasteiger partial charge in [-0.05, 0) is 25.2 Å². The maximum Gasteiger partial charge on any atom is 0.161 e. The standard InChI is InChI=1S/C13H24O2/c1-3-4-5-8-12-10(2)11-7-6-9-14-13(11)15-12/h10-13H,3-9H2,1-2H3/t10-,11?,12+,13?/m0/s1. The van der Waals surface area contributed by atoms with Gasteiger partial charge in [0, 0.05) is 12.5 Å². The molecule has 15 heavy (non-hydrogen) atoms. The van der Waals surface area contributed by atoms with Crippen LogP contribution in [0.25, 0.3) is 0 Å². The van der Waals surface area contributed by atoms with Gasteiger partial charge in [-0.2, -0.15) is 0 Å². The topological polar surface area (TPSA) is 18.5 Å². The Labute approximate surface area is 93.3 Å². The normalized spacial score (nSPS) is 40.4. The highest BCUT2D eigenvalue weighted by Gasteiger charge is 2.43. The Hall–Kier alpha value is -0.0800. The molecule has 2 saturated heterocycles. The molecule has 2 aliphatic heterocycles. The summed E-state index contributed by atoms with van der Waals surface area (Å²) in [7, 11) is 0. The number of ether oxygens (including phenoxy) is 2. The van der Waals surface area contributed by atoms with Crippen LogP contribution in [-0.2, 0) is 9.47 Å². The van der Waals surface area contributed by atoms with Gasteiger partial charge in [0.1, 0.15) is 0 Å². The van der Waals surface area contributed by atoms with Crippen molar-refractivity contribution in [3.05, 3.63) is 0 Å². The lowest BCUT2D eigenvalue weighted by Crippen LogP contribution is -2.27. The first-order chi connectivity index (χ1) is 7.33. The molecule has 0 amide bonds. The molecule has 2 heteroatoms. The summed E-state index contributed by atoms with van der Waals surface area (Å²) in [6.45, 7) is 5.49. The molecule has 0 spiro atoms. The van der Waals surface area contributed by atoms with Crippen molar-refractivity contribution in [3.8, 4) is 0 Å². The molecule has 2 nitrogen and oxygen atoms in total. The zero-order chi connectivity index (χ0) is 10.7. The van der Waals surface area contributed by atoms with E-state index in [9.17, 15) is 0 Å². The van der Waals surface area contributed by atoms with Crippen molar-refractivity contribution in [1.29, 1.82) is 0 Å². The third kappa shape index (κ3) is 2.54. The second-order valence-corrected chi connectivity index (χ2v) is 5.07. The first-order valence-corrected chi connectivity index (χ1v) is 6.60. The maximum absolute atomic E-state index is 6.00. The van der Waals surface area contributed by atoms with Gasteiger partial charge in [-0.15, -0.1) is 0 Å². The number of unbranched alkanes of at least 4 members (excludes halogenated alkanes) is 2. The van der Waals surface area contributed by atoms with Gasteiger partial charge < -0.3 is 9.47 Å². The summed E-state index contributed by atoms with van der Waals surface area (Å²) in [6.07, 6.45) is 8.28. The van der Waals surface area contributed by atoms with E-state index >= 15 is 0 Å². The van der Waals surface area contributed by atoms with E-state index in [1.807, 2.05) is 0 Å². The summed E-state index contributed by atoms with van der Waals surface area (Å²) < 4.78 is 11.7. The molecule has 2 unspecified atom stereocenters. The van der Waals surface area contributed by atoms with E-state index in [0.717, 1.165) is 6.61 Å². The molecule has 0 aromatic carbocycles. The van der Waals surface area contributed by atoms with Crippen molar-refractivity contribution < 1.29 is 9.47 Å². The molecule has 2 fully saturated rings. The predicted octanol–water partition coefficient (Wildman–Crippen LogP) is 3.35. The van der Waals surface area contributed by atoms with Gasteiger partial charge in [-0.1, -0.05) is 33.1 Å². The van der Waals surface area contributed by atoms with Gasteiger partial charge in [0.25, 0.3) is 0 Å². The van der Waals surface area contributed by atoms with Crippen molar-refractivity contribution in [1.82, 2.24) is 0 Å². The molecular weight excluding hydrogens is 188 g/mol. The van der Waals surface area contributed by atoms with Crippen LogP contribution in [-0.4, -0.2) is 19.0 Å². The van der Waals surface area contributed by atoms with E-state index in [2.05, 4.69) is 13.8 Å². The number of hydrogen-bond acceptors (Lipinski definition) is 2. The zero-order valence-corrected chi connectivity index (χ0v) is 10.1. The highest BCUT2D eigenvalue weighted by Crippen LogP contribution is 2.40. The van der Waals surface area contributed by atoms with Crippen molar-refractivity contribution in [3.63, 3.8) is 0 Å². The van der Waals surface area contributed by atoms with Crippen LogP contribution in [0.4, 0.5) is 0 Å². The monoisotopic (exact) mass is 212 g/mol. The van der Waals surface area contributed by atoms with Gasteiger partial charge in [0.15, 0.2) is 6.29 Å². The van der Waals surface area contributed by atoms with Crippen LogP contribution >= 0.6 is 0 Å². The van der Waals surface area contributed by atoms with E-state index in [-0.39, 0.29) is 6.29 Å². The minimum absolute atomic E-state index is 0.125. The van der Waals surface area contributed by atoms with E-state index in [4.69, 9.17) is 9.47 Å². The Morgan fingerprint density at radius 2 is 2.13 bits per heavy atom. The predicted molar refractivity (Wildman–Crippen MR) is 60.6 cm³/mol. The van der Waals surface area contributed by atoms with Crippen LogP contribution in [0, 0.1) is 11.8 Å². The Morgan fingerprint density at radius 1 is 1.27 bits per heavy atom. The molecule has 0 aromatic rings. The molecule has 0 saturated carbocycles. The molecule has 0 aliphatic carbocycles. The Morgan fingerprint density at radius 3 is 2.87 bits per heavy atom. The molecule has 0 radical (unpaired) electrons. The average Bonchev–Trinajstić information content (AvgIpc) is 2.57. The van der Waals surface area contributed by atoms with Gasteiger partial charge in [-0.3, -0.25) is 0 Å². The maximum atomic E-state index is 6.00. The summed E-state index contributed by atoms with van der Waals surface area (Å²) in [6, 6.07) is 0. The molecule has 2 heterocycles. The minimum Gasteiger partial charge on any atom is -0.352 e. The molecule has 0 N–H and O–H groups in total. The van der Waals surface area contributed by atoms with Crippen LogP contribution < -0.4 is 0 Å². The summed E-state index contributed by atoms with van der Waals surface area (Å²) in [5.41, 5.74) is 0. The smallest absolute Gasteiger partial charge is 0.161 e. The fraction of sp³-hybridized carbons (Fsp3) is 1.00. The summed E-state index contributed by atoms with van der Waals surface area (Å²) in [5, 5.41) is 0. The van der Waals surface area contributed by atoms with Gasteiger partial charge in [0.05, 0.1) is 6.10 Å². The number of hydrogen-bond donors (Lipinski definition) is 0. The third-order valence-electron chi connectivity index (χ3n) is 3.98. The van der Waals surface area contributed by atoms with Crippen molar-refractivity contribution >= 4 is 0 Å². The first kappa shape index (κ1) is 11.4. The van der Waals surface area contributed by atoms with E-state index in [1.54, 1.807) is 0 Å². The lowest BCUT2D eigenvalue weighted by Gasteiger charge is -2.25. The molecule has 2 aliphatic rings. The molecule has 88 valence electrons. The van der Waals surface area contributed by atoms with Crippen molar-refractivity contribution in [2.24, 2.45) is 11.8 Å². The summed E-state index contributed by atoms with van der Waals surface area (Å²) >= 11 is 0. The molecule has 0 aromatic heterocycles. The largest absolute Gasteiger partial charge is 0.352 e. The number of fused-ring (bicyclic) bond motifs is 1. The summed E-state index contributed by atoms with van der Waals surface area (Å²) in [5.74, 6) is 1.37. The Kier molecular flexibility index (Phi) is 4.04. The molecule has 0 bridgehead atoms. The Balaban J connectivity index is 1.81.